The van der Waals surface area contributed by atoms with Gasteiger partial charge in [0.15, 0.2) is 0 Å². The average Bonchev–Trinajstić information content (AvgIpc) is 2.52. The van der Waals surface area contributed by atoms with Crippen LogP contribution in [-0.2, 0) is 9.59 Å². The Morgan fingerprint density at radius 3 is 2.74 bits per heavy atom. The summed E-state index contributed by atoms with van der Waals surface area (Å²) in [5.41, 5.74) is 6.90. The maximum atomic E-state index is 12.0. The minimum absolute atomic E-state index is 0. The normalized spacial score (nSPS) is 17.7. The zero-order valence-electron chi connectivity index (χ0n) is 13.4. The lowest BCUT2D eigenvalue weighted by molar-refractivity contribution is -0.127. The summed E-state index contributed by atoms with van der Waals surface area (Å²) >= 11 is 1.81. The summed E-state index contributed by atoms with van der Waals surface area (Å²) in [5.74, 6) is 0.554. The average molecular weight is 358 g/mol. The Morgan fingerprint density at radius 1 is 1.35 bits per heavy atom. The van der Waals surface area contributed by atoms with E-state index in [1.54, 1.807) is 0 Å². The Morgan fingerprint density at radius 2 is 2.04 bits per heavy atom. The fourth-order valence-corrected chi connectivity index (χ4v) is 3.45. The molecule has 0 saturated carbocycles. The van der Waals surface area contributed by atoms with Gasteiger partial charge in [-0.25, -0.2) is 0 Å². The fourth-order valence-electron chi connectivity index (χ4n) is 2.33. The molecule has 1 heterocycles. The van der Waals surface area contributed by atoms with Crippen LogP contribution >= 0.6 is 24.2 Å². The van der Waals surface area contributed by atoms with Gasteiger partial charge in [-0.3, -0.25) is 9.59 Å². The molecule has 128 valence electrons. The molecule has 2 amide bonds. The van der Waals surface area contributed by atoms with Crippen LogP contribution in [0.4, 0.5) is 0 Å². The Bertz CT molecular complexity index is 554. The lowest BCUT2D eigenvalue weighted by Crippen LogP contribution is -2.47. The number of nitrogens with two attached hydrogens (primary N) is 1. The van der Waals surface area contributed by atoms with Crippen molar-refractivity contribution in [3.05, 3.63) is 29.8 Å². The van der Waals surface area contributed by atoms with Gasteiger partial charge in [0.2, 0.25) is 11.8 Å². The van der Waals surface area contributed by atoms with Crippen molar-refractivity contribution in [3.8, 4) is 0 Å². The van der Waals surface area contributed by atoms with Gasteiger partial charge < -0.3 is 16.4 Å². The van der Waals surface area contributed by atoms with Crippen LogP contribution in [0.2, 0.25) is 0 Å². The molecular formula is C16H24ClN3O2S. The molecule has 1 aromatic rings. The first-order valence-electron chi connectivity index (χ1n) is 7.53. The molecule has 0 saturated heterocycles. The first-order chi connectivity index (χ1) is 10.5. The van der Waals surface area contributed by atoms with Crippen molar-refractivity contribution in [1.82, 2.24) is 10.6 Å². The zero-order chi connectivity index (χ0) is 16.1. The smallest absolute Gasteiger partial charge is 0.239 e. The van der Waals surface area contributed by atoms with Crippen molar-refractivity contribution in [2.75, 3.05) is 12.3 Å². The molecule has 0 aliphatic carbocycles. The van der Waals surface area contributed by atoms with Crippen molar-refractivity contribution < 1.29 is 9.59 Å². The molecule has 4 N–H and O–H groups in total. The van der Waals surface area contributed by atoms with E-state index in [0.29, 0.717) is 0 Å². The number of amides is 2. The van der Waals surface area contributed by atoms with Crippen molar-refractivity contribution in [1.29, 1.82) is 0 Å². The number of rotatable bonds is 5. The summed E-state index contributed by atoms with van der Waals surface area (Å²) in [6, 6.07) is 7.53. The van der Waals surface area contributed by atoms with Gasteiger partial charge in [0.1, 0.15) is 0 Å². The maximum Gasteiger partial charge on any atom is 0.239 e. The number of halogens is 1. The van der Waals surface area contributed by atoms with Crippen LogP contribution in [0, 0.1) is 5.92 Å². The standard InChI is InChI=1S/C16H23N3O2S.ClH/c1-10(2)15(17)16(21)18-9-14(20)19-12-7-8-22-13-6-4-3-5-11(12)13;/h3-6,10,12,15H,7-9,17H2,1-2H3,(H,18,21)(H,19,20);1H/t12?,15-;/m0./s1. The van der Waals surface area contributed by atoms with Gasteiger partial charge in [0.25, 0.3) is 0 Å². The van der Waals surface area contributed by atoms with Gasteiger partial charge in [-0.15, -0.1) is 24.2 Å². The molecule has 0 bridgehead atoms. The summed E-state index contributed by atoms with van der Waals surface area (Å²) in [6.45, 7) is 3.72. The van der Waals surface area contributed by atoms with E-state index >= 15 is 0 Å². The first-order valence-corrected chi connectivity index (χ1v) is 8.52. The monoisotopic (exact) mass is 357 g/mol. The molecule has 1 aliphatic rings. The number of nitrogens with one attached hydrogen (secondary N) is 2. The highest BCUT2D eigenvalue weighted by Gasteiger charge is 2.22. The van der Waals surface area contributed by atoms with Crippen molar-refractivity contribution in [2.45, 2.75) is 37.2 Å². The van der Waals surface area contributed by atoms with E-state index < -0.39 is 6.04 Å². The van der Waals surface area contributed by atoms with E-state index in [2.05, 4.69) is 16.7 Å². The van der Waals surface area contributed by atoms with Crippen molar-refractivity contribution in [3.63, 3.8) is 0 Å². The molecule has 1 aliphatic heterocycles. The van der Waals surface area contributed by atoms with E-state index in [0.717, 1.165) is 17.7 Å². The molecule has 1 aromatic carbocycles. The third-order valence-electron chi connectivity index (χ3n) is 3.74. The second-order valence-electron chi connectivity index (χ2n) is 5.78. The van der Waals surface area contributed by atoms with E-state index in [4.69, 9.17) is 5.73 Å². The van der Waals surface area contributed by atoms with Gasteiger partial charge >= 0.3 is 0 Å². The lowest BCUT2D eigenvalue weighted by Gasteiger charge is -2.26. The molecule has 1 unspecified atom stereocenters. The molecule has 2 rings (SSSR count). The molecule has 2 atom stereocenters. The second kappa shape index (κ2) is 9.15. The van der Waals surface area contributed by atoms with E-state index in [1.807, 2.05) is 43.8 Å². The Kier molecular flexibility index (Phi) is 7.88. The summed E-state index contributed by atoms with van der Waals surface area (Å²) in [6.07, 6.45) is 0.896. The van der Waals surface area contributed by atoms with Gasteiger partial charge in [-0.1, -0.05) is 32.0 Å². The minimum Gasteiger partial charge on any atom is -0.348 e. The van der Waals surface area contributed by atoms with E-state index in [1.165, 1.54) is 4.90 Å². The maximum absolute atomic E-state index is 12.0. The number of thioether (sulfide) groups is 1. The first kappa shape index (κ1) is 19.8. The highest BCUT2D eigenvalue weighted by atomic mass is 35.5. The van der Waals surface area contributed by atoms with Gasteiger partial charge in [0, 0.05) is 10.6 Å². The zero-order valence-corrected chi connectivity index (χ0v) is 15.0. The quantitative estimate of drug-likeness (QED) is 0.751. The fraction of sp³-hybridized carbons (Fsp3) is 0.500. The van der Waals surface area contributed by atoms with E-state index in [9.17, 15) is 9.59 Å². The van der Waals surface area contributed by atoms with Crippen LogP contribution < -0.4 is 16.4 Å². The summed E-state index contributed by atoms with van der Waals surface area (Å²) in [5, 5.41) is 5.59. The summed E-state index contributed by atoms with van der Waals surface area (Å²) in [4.78, 5) is 25.0. The molecule has 7 heteroatoms. The van der Waals surface area contributed by atoms with Crippen LogP contribution in [0.3, 0.4) is 0 Å². The second-order valence-corrected chi connectivity index (χ2v) is 6.92. The number of hydrogen-bond acceptors (Lipinski definition) is 4. The molecule has 0 aromatic heterocycles. The number of hydrogen-bond donors (Lipinski definition) is 3. The number of carbonyl (C=O) groups is 2. The van der Waals surface area contributed by atoms with Gasteiger partial charge in [-0.2, -0.15) is 0 Å². The topological polar surface area (TPSA) is 84.2 Å². The lowest BCUT2D eigenvalue weighted by atomic mass is 10.0. The number of carbonyl (C=O) groups excluding carboxylic acids is 2. The predicted molar refractivity (Wildman–Crippen MR) is 95.7 cm³/mol. The van der Waals surface area contributed by atoms with Crippen LogP contribution in [0.15, 0.2) is 29.2 Å². The minimum atomic E-state index is -0.584. The Labute approximate surface area is 147 Å². The highest BCUT2D eigenvalue weighted by Crippen LogP contribution is 2.35. The number of benzene rings is 1. The Balaban J connectivity index is 0.00000264. The van der Waals surface area contributed by atoms with Gasteiger partial charge in [-0.05, 0) is 24.0 Å². The van der Waals surface area contributed by atoms with Crippen LogP contribution in [0.1, 0.15) is 31.9 Å². The third-order valence-corrected chi connectivity index (χ3v) is 4.86. The molecule has 0 radical (unpaired) electrons. The summed E-state index contributed by atoms with van der Waals surface area (Å²) in [7, 11) is 0. The Hall–Kier alpha value is -1.24. The number of fused-ring (bicyclic) bond motifs is 1. The molecule has 23 heavy (non-hydrogen) atoms. The van der Waals surface area contributed by atoms with Crippen LogP contribution in [0.25, 0.3) is 0 Å². The van der Waals surface area contributed by atoms with Crippen molar-refractivity contribution >= 4 is 36.0 Å². The molecule has 0 spiro atoms. The highest BCUT2D eigenvalue weighted by molar-refractivity contribution is 7.99. The van der Waals surface area contributed by atoms with E-state index in [-0.39, 0.29) is 42.7 Å². The molecule has 0 fully saturated rings. The molecule has 5 nitrogen and oxygen atoms in total. The van der Waals surface area contributed by atoms with Crippen molar-refractivity contribution in [2.24, 2.45) is 11.7 Å². The predicted octanol–water partition coefficient (Wildman–Crippen LogP) is 1.86. The van der Waals surface area contributed by atoms with Crippen LogP contribution in [-0.4, -0.2) is 30.2 Å². The molecular weight excluding hydrogens is 334 g/mol. The van der Waals surface area contributed by atoms with Gasteiger partial charge in [0.05, 0.1) is 18.6 Å². The SMILES string of the molecule is CC(C)[C@H](N)C(=O)NCC(=O)NC1CCSc2ccccc21.Cl. The largest absolute Gasteiger partial charge is 0.348 e. The summed E-state index contributed by atoms with van der Waals surface area (Å²) < 4.78 is 0. The van der Waals surface area contributed by atoms with Crippen LogP contribution in [0.5, 0.6) is 0 Å². The third kappa shape index (κ3) is 5.41.